The van der Waals surface area contributed by atoms with Gasteiger partial charge in [-0.2, -0.15) is 0 Å². The second-order valence-corrected chi connectivity index (χ2v) is 2.03. The van der Waals surface area contributed by atoms with Gasteiger partial charge in [0.25, 0.3) is 0 Å². The fourth-order valence-corrected chi connectivity index (χ4v) is 0.812. The normalized spacial score (nSPS) is 10.2. The fourth-order valence-electron chi connectivity index (χ4n) is 0.812. The Labute approximate surface area is 61.7 Å². The van der Waals surface area contributed by atoms with Crippen LogP contribution in [0.3, 0.4) is 0 Å². The van der Waals surface area contributed by atoms with Gasteiger partial charge in [-0.3, -0.25) is 9.20 Å². The lowest BCUT2D eigenvalue weighted by atomic mass is 10.5. The lowest BCUT2D eigenvalue weighted by molar-refractivity contribution is 0.111. The molecule has 0 bridgehead atoms. The van der Waals surface area contributed by atoms with Crippen molar-refractivity contribution in [2.75, 3.05) is 0 Å². The molecule has 0 aliphatic carbocycles. The molecule has 0 aromatic carbocycles. The molecule has 0 amide bonds. The number of hydrogen-bond acceptors (Lipinski definition) is 4. The molecule has 0 unspecified atom stereocenters. The highest BCUT2D eigenvalue weighted by atomic mass is 16.1. The number of fused-ring (bicyclic) bond motifs is 1. The number of rotatable bonds is 1. The molecule has 2 heterocycles. The molecule has 11 heavy (non-hydrogen) atoms. The van der Waals surface area contributed by atoms with Crippen molar-refractivity contribution in [3.8, 4) is 0 Å². The minimum atomic E-state index is 0.373. The van der Waals surface area contributed by atoms with E-state index in [-0.39, 0.29) is 0 Å². The zero-order valence-electron chi connectivity index (χ0n) is 5.51. The Morgan fingerprint density at radius 3 is 3.27 bits per heavy atom. The van der Waals surface area contributed by atoms with Gasteiger partial charge in [0.2, 0.25) is 0 Å². The van der Waals surface area contributed by atoms with Gasteiger partial charge >= 0.3 is 0 Å². The van der Waals surface area contributed by atoms with Gasteiger partial charge in [0.05, 0.1) is 6.20 Å². The van der Waals surface area contributed by atoms with Crippen molar-refractivity contribution in [2.24, 2.45) is 0 Å². The predicted octanol–water partition coefficient (Wildman–Crippen LogP) is -0.0632. The van der Waals surface area contributed by atoms with E-state index < -0.39 is 0 Å². The van der Waals surface area contributed by atoms with E-state index in [1.807, 2.05) is 0 Å². The lowest BCUT2D eigenvalue weighted by Crippen LogP contribution is -1.91. The van der Waals surface area contributed by atoms with Crippen LogP contribution in [0.15, 0.2) is 18.7 Å². The maximum Gasteiger partial charge on any atom is 0.179 e. The van der Waals surface area contributed by atoms with E-state index in [4.69, 9.17) is 0 Å². The van der Waals surface area contributed by atoms with Gasteiger partial charge in [-0.25, -0.2) is 4.98 Å². The molecule has 0 saturated heterocycles. The van der Waals surface area contributed by atoms with Gasteiger partial charge in [0.1, 0.15) is 12.0 Å². The first kappa shape index (κ1) is 5.96. The molecule has 0 fully saturated rings. The summed E-state index contributed by atoms with van der Waals surface area (Å²) in [7, 11) is 0. The molecule has 0 saturated carbocycles. The molecule has 0 aliphatic heterocycles. The molecule has 2 aromatic rings. The van der Waals surface area contributed by atoms with Crippen molar-refractivity contribution < 1.29 is 4.79 Å². The first-order valence-electron chi connectivity index (χ1n) is 3.01. The van der Waals surface area contributed by atoms with Crippen LogP contribution in [0.25, 0.3) is 5.65 Å². The van der Waals surface area contributed by atoms with E-state index in [1.54, 1.807) is 10.6 Å². The second-order valence-electron chi connectivity index (χ2n) is 2.03. The lowest BCUT2D eigenvalue weighted by Gasteiger charge is -1.90. The minimum absolute atomic E-state index is 0.373. The predicted molar refractivity (Wildman–Crippen MR) is 36.2 cm³/mol. The van der Waals surface area contributed by atoms with Crippen molar-refractivity contribution in [1.29, 1.82) is 0 Å². The Kier molecular flexibility index (Phi) is 1.15. The first-order valence-corrected chi connectivity index (χ1v) is 3.01. The fraction of sp³-hybridized carbons (Fsp3) is 0. The average molecular weight is 148 g/mol. The second kappa shape index (κ2) is 2.12. The summed E-state index contributed by atoms with van der Waals surface area (Å²) in [4.78, 5) is 14.1. The Morgan fingerprint density at radius 1 is 1.55 bits per heavy atom. The highest BCUT2D eigenvalue weighted by Gasteiger charge is 1.95. The van der Waals surface area contributed by atoms with Crippen molar-refractivity contribution in [1.82, 2.24) is 19.6 Å². The van der Waals surface area contributed by atoms with Crippen molar-refractivity contribution in [3.05, 3.63) is 24.4 Å². The maximum atomic E-state index is 10.3. The minimum Gasteiger partial charge on any atom is -0.296 e. The van der Waals surface area contributed by atoms with E-state index in [0.717, 1.165) is 0 Å². The number of carbonyl (C=O) groups excluding carboxylic acids is 1. The van der Waals surface area contributed by atoms with E-state index in [9.17, 15) is 4.79 Å². The van der Waals surface area contributed by atoms with E-state index in [0.29, 0.717) is 17.6 Å². The SMILES string of the molecule is O=Cc1cn2cnnc2cn1. The monoisotopic (exact) mass is 148 g/mol. The summed E-state index contributed by atoms with van der Waals surface area (Å²) in [5, 5.41) is 7.36. The van der Waals surface area contributed by atoms with Crippen LogP contribution in [-0.2, 0) is 0 Å². The summed E-state index contributed by atoms with van der Waals surface area (Å²) in [5.74, 6) is 0. The third kappa shape index (κ3) is 0.861. The molecule has 0 radical (unpaired) electrons. The summed E-state index contributed by atoms with van der Waals surface area (Å²) in [5.41, 5.74) is 1.01. The molecule has 0 N–H and O–H groups in total. The molecular weight excluding hydrogens is 144 g/mol. The smallest absolute Gasteiger partial charge is 0.179 e. The Bertz CT molecular complexity index is 394. The van der Waals surface area contributed by atoms with Crippen molar-refractivity contribution >= 4 is 11.9 Å². The number of hydrogen-bond donors (Lipinski definition) is 0. The van der Waals surface area contributed by atoms with Gasteiger partial charge in [0.15, 0.2) is 11.9 Å². The van der Waals surface area contributed by atoms with Gasteiger partial charge in [0, 0.05) is 6.20 Å². The summed E-state index contributed by atoms with van der Waals surface area (Å²) in [6, 6.07) is 0. The number of aromatic nitrogens is 4. The third-order valence-electron chi connectivity index (χ3n) is 1.32. The van der Waals surface area contributed by atoms with Crippen LogP contribution in [-0.4, -0.2) is 25.9 Å². The van der Waals surface area contributed by atoms with Crippen LogP contribution in [0.1, 0.15) is 10.5 Å². The number of aldehydes is 1. The number of nitrogens with zero attached hydrogens (tertiary/aromatic N) is 4. The van der Waals surface area contributed by atoms with Gasteiger partial charge in [-0.05, 0) is 0 Å². The topological polar surface area (TPSA) is 60.2 Å². The maximum absolute atomic E-state index is 10.3. The van der Waals surface area contributed by atoms with Crippen LogP contribution in [0.4, 0.5) is 0 Å². The number of carbonyl (C=O) groups is 1. The van der Waals surface area contributed by atoms with Gasteiger partial charge in [-0.1, -0.05) is 0 Å². The molecular formula is C6H4N4O. The molecule has 5 heteroatoms. The van der Waals surface area contributed by atoms with E-state index in [2.05, 4.69) is 15.2 Å². The zero-order chi connectivity index (χ0) is 7.68. The van der Waals surface area contributed by atoms with Gasteiger partial charge in [-0.15, -0.1) is 10.2 Å². The molecule has 5 nitrogen and oxygen atoms in total. The zero-order valence-corrected chi connectivity index (χ0v) is 5.51. The Balaban J connectivity index is 2.76. The standard InChI is InChI=1S/C6H4N4O/c11-3-5-2-10-4-8-9-6(10)1-7-5/h1-4H. The highest BCUT2D eigenvalue weighted by molar-refractivity contribution is 5.71. The Hall–Kier alpha value is -1.78. The molecule has 54 valence electrons. The van der Waals surface area contributed by atoms with Crippen LogP contribution < -0.4 is 0 Å². The third-order valence-corrected chi connectivity index (χ3v) is 1.32. The average Bonchev–Trinajstić information content (AvgIpc) is 2.50. The van der Waals surface area contributed by atoms with Crippen LogP contribution in [0.2, 0.25) is 0 Å². The summed E-state index contributed by atoms with van der Waals surface area (Å²) < 4.78 is 1.64. The molecule has 0 atom stereocenters. The highest BCUT2D eigenvalue weighted by Crippen LogP contribution is 1.95. The first-order chi connectivity index (χ1) is 5.40. The largest absolute Gasteiger partial charge is 0.296 e. The quantitative estimate of drug-likeness (QED) is 0.531. The van der Waals surface area contributed by atoms with E-state index >= 15 is 0 Å². The molecule has 2 rings (SSSR count). The molecule has 0 spiro atoms. The van der Waals surface area contributed by atoms with Crippen LogP contribution >= 0.6 is 0 Å². The van der Waals surface area contributed by atoms with E-state index in [1.165, 1.54) is 12.5 Å². The summed E-state index contributed by atoms with van der Waals surface area (Å²) in [6.07, 6.45) is 5.27. The van der Waals surface area contributed by atoms with Crippen molar-refractivity contribution in [3.63, 3.8) is 0 Å². The van der Waals surface area contributed by atoms with Crippen LogP contribution in [0, 0.1) is 0 Å². The molecule has 2 aromatic heterocycles. The summed E-state index contributed by atoms with van der Waals surface area (Å²) in [6.45, 7) is 0. The summed E-state index contributed by atoms with van der Waals surface area (Å²) >= 11 is 0. The Morgan fingerprint density at radius 2 is 2.45 bits per heavy atom. The molecule has 0 aliphatic rings. The van der Waals surface area contributed by atoms with Crippen molar-refractivity contribution in [2.45, 2.75) is 0 Å². The van der Waals surface area contributed by atoms with Gasteiger partial charge < -0.3 is 0 Å². The van der Waals surface area contributed by atoms with Crippen LogP contribution in [0.5, 0.6) is 0 Å².